The largest absolute Gasteiger partial charge is 0.452 e. The molecule has 35 heavy (non-hydrogen) atoms. The fourth-order valence-electron chi connectivity index (χ4n) is 3.10. The molecule has 0 spiro atoms. The van der Waals surface area contributed by atoms with E-state index in [0.29, 0.717) is 6.54 Å². The summed E-state index contributed by atoms with van der Waals surface area (Å²) < 4.78 is 45.7. The van der Waals surface area contributed by atoms with Crippen LogP contribution in [0.1, 0.15) is 15.9 Å². The summed E-state index contributed by atoms with van der Waals surface area (Å²) in [6, 6.07) is 17.8. The summed E-state index contributed by atoms with van der Waals surface area (Å²) in [6.07, 6.45) is 0. The van der Waals surface area contributed by atoms with Crippen molar-refractivity contribution in [2.45, 2.75) is 11.4 Å². The number of hydrogen-bond donors (Lipinski definition) is 1. The van der Waals surface area contributed by atoms with Crippen LogP contribution in [0.15, 0.2) is 77.7 Å². The molecule has 0 aromatic heterocycles. The number of sulfonamides is 1. The Hall–Kier alpha value is -3.92. The second-order valence-corrected chi connectivity index (χ2v) is 9.71. The Morgan fingerprint density at radius 2 is 1.60 bits per heavy atom. The third-order valence-corrected chi connectivity index (χ3v) is 6.48. The van der Waals surface area contributed by atoms with Gasteiger partial charge in [0.2, 0.25) is 0 Å². The van der Waals surface area contributed by atoms with E-state index in [1.54, 1.807) is 7.05 Å². The van der Waals surface area contributed by atoms with Gasteiger partial charge in [-0.25, -0.2) is 17.6 Å². The summed E-state index contributed by atoms with van der Waals surface area (Å²) in [4.78, 5) is 28.1. The molecule has 0 saturated heterocycles. The topological polar surface area (TPSA) is 96.0 Å². The highest BCUT2D eigenvalue weighted by atomic mass is 32.2. The Morgan fingerprint density at radius 1 is 0.943 bits per heavy atom. The summed E-state index contributed by atoms with van der Waals surface area (Å²) in [5.41, 5.74) is 2.10. The van der Waals surface area contributed by atoms with Gasteiger partial charge in [0.25, 0.3) is 15.9 Å². The van der Waals surface area contributed by atoms with Crippen molar-refractivity contribution in [2.24, 2.45) is 0 Å². The predicted octanol–water partition coefficient (Wildman–Crippen LogP) is 3.51. The molecule has 3 aromatic rings. The molecule has 0 aliphatic carbocycles. The van der Waals surface area contributed by atoms with Gasteiger partial charge >= 0.3 is 5.97 Å². The number of hydrogen-bond acceptors (Lipinski definition) is 6. The van der Waals surface area contributed by atoms with Gasteiger partial charge in [-0.1, -0.05) is 18.2 Å². The van der Waals surface area contributed by atoms with Gasteiger partial charge in [0.05, 0.1) is 10.5 Å². The number of anilines is 2. The van der Waals surface area contributed by atoms with Crippen molar-refractivity contribution in [2.75, 3.05) is 37.4 Å². The Labute approximate surface area is 204 Å². The summed E-state index contributed by atoms with van der Waals surface area (Å²) in [6.45, 7) is -0.150. The number of ether oxygens (including phenoxy) is 1. The molecular formula is C25H26FN3O5S. The van der Waals surface area contributed by atoms with Crippen LogP contribution in [0, 0.1) is 5.82 Å². The normalized spacial score (nSPS) is 11.0. The number of nitrogens with zero attached hydrogens (tertiary/aromatic N) is 2. The van der Waals surface area contributed by atoms with Crippen molar-refractivity contribution in [3.8, 4) is 0 Å². The molecule has 8 nitrogen and oxygen atoms in total. The van der Waals surface area contributed by atoms with E-state index in [-0.39, 0.29) is 16.1 Å². The van der Waals surface area contributed by atoms with Gasteiger partial charge < -0.3 is 14.5 Å². The van der Waals surface area contributed by atoms with E-state index in [0.717, 1.165) is 29.4 Å². The van der Waals surface area contributed by atoms with Crippen LogP contribution in [0.25, 0.3) is 0 Å². The molecule has 3 aromatic carbocycles. The number of carbonyl (C=O) groups excluding carboxylic acids is 2. The molecule has 0 radical (unpaired) electrons. The van der Waals surface area contributed by atoms with Gasteiger partial charge in [-0.15, -0.1) is 0 Å². The second-order valence-electron chi connectivity index (χ2n) is 8.03. The van der Waals surface area contributed by atoms with Gasteiger partial charge in [0.1, 0.15) is 5.82 Å². The average Bonchev–Trinajstić information content (AvgIpc) is 2.84. The van der Waals surface area contributed by atoms with Crippen LogP contribution in [0.5, 0.6) is 0 Å². The number of benzene rings is 3. The minimum absolute atomic E-state index is 0.0262. The monoisotopic (exact) mass is 499 g/mol. The first kappa shape index (κ1) is 25.7. The van der Waals surface area contributed by atoms with E-state index in [4.69, 9.17) is 4.74 Å². The van der Waals surface area contributed by atoms with Crippen LogP contribution in [-0.2, 0) is 26.1 Å². The average molecular weight is 500 g/mol. The van der Waals surface area contributed by atoms with Gasteiger partial charge in [-0.3, -0.25) is 9.52 Å². The summed E-state index contributed by atoms with van der Waals surface area (Å²) in [5.74, 6) is -1.74. The standard InChI is InChI=1S/C25H26FN3O5S/c1-28(2)22-13-7-18(8-14-22)16-29(3)24(30)17-34-25(31)19-5-4-6-23(15-19)35(32,33)27-21-11-9-20(26)10-12-21/h4-15,27H,16-17H2,1-3H3. The molecule has 10 heteroatoms. The number of esters is 1. The van der Waals surface area contributed by atoms with Gasteiger partial charge in [-0.05, 0) is 60.2 Å². The van der Waals surface area contributed by atoms with E-state index in [2.05, 4.69) is 4.72 Å². The maximum absolute atomic E-state index is 13.1. The first-order valence-corrected chi connectivity index (χ1v) is 12.1. The van der Waals surface area contributed by atoms with E-state index >= 15 is 0 Å². The molecule has 1 amide bonds. The molecule has 0 bridgehead atoms. The number of amides is 1. The Balaban J connectivity index is 1.59. The summed E-state index contributed by atoms with van der Waals surface area (Å²) in [7, 11) is 1.45. The van der Waals surface area contributed by atoms with Gasteiger partial charge in [0, 0.05) is 39.1 Å². The Morgan fingerprint density at radius 3 is 2.23 bits per heavy atom. The quantitative estimate of drug-likeness (QED) is 0.453. The lowest BCUT2D eigenvalue weighted by Crippen LogP contribution is -2.30. The summed E-state index contributed by atoms with van der Waals surface area (Å²) >= 11 is 0. The maximum Gasteiger partial charge on any atom is 0.338 e. The molecule has 0 aliphatic rings. The number of carbonyl (C=O) groups is 2. The molecule has 0 heterocycles. The van der Waals surface area contributed by atoms with Crippen molar-refractivity contribution in [1.29, 1.82) is 0 Å². The molecule has 0 atom stereocenters. The predicted molar refractivity (Wildman–Crippen MR) is 131 cm³/mol. The smallest absolute Gasteiger partial charge is 0.338 e. The number of nitrogens with one attached hydrogen (secondary N) is 1. The first-order chi connectivity index (χ1) is 16.5. The van der Waals surface area contributed by atoms with Gasteiger partial charge in [-0.2, -0.15) is 0 Å². The zero-order valence-corrected chi connectivity index (χ0v) is 20.4. The van der Waals surface area contributed by atoms with Crippen LogP contribution >= 0.6 is 0 Å². The zero-order valence-electron chi connectivity index (χ0n) is 19.6. The van der Waals surface area contributed by atoms with Crippen molar-refractivity contribution < 1.29 is 27.1 Å². The van der Waals surface area contributed by atoms with Crippen LogP contribution in [0.4, 0.5) is 15.8 Å². The third-order valence-electron chi connectivity index (χ3n) is 5.10. The maximum atomic E-state index is 13.1. The highest BCUT2D eigenvalue weighted by Crippen LogP contribution is 2.18. The summed E-state index contributed by atoms with van der Waals surface area (Å²) in [5, 5.41) is 0. The Kier molecular flexibility index (Phi) is 8.08. The van der Waals surface area contributed by atoms with E-state index in [1.165, 1.54) is 35.2 Å². The molecule has 1 N–H and O–H groups in total. The van der Waals surface area contributed by atoms with Crippen molar-refractivity contribution >= 4 is 33.3 Å². The lowest BCUT2D eigenvalue weighted by molar-refractivity contribution is -0.133. The van der Waals surface area contributed by atoms with Crippen molar-refractivity contribution in [3.05, 3.63) is 89.7 Å². The number of likely N-dealkylation sites (N-methyl/N-ethyl adjacent to an activating group) is 1. The minimum atomic E-state index is -4.03. The SMILES string of the molecule is CN(Cc1ccc(N(C)C)cc1)C(=O)COC(=O)c1cccc(S(=O)(=O)Nc2ccc(F)cc2)c1. The molecule has 184 valence electrons. The highest BCUT2D eigenvalue weighted by molar-refractivity contribution is 7.92. The number of halogens is 1. The second kappa shape index (κ2) is 11.0. The zero-order chi connectivity index (χ0) is 25.6. The van der Waals surface area contributed by atoms with E-state index in [9.17, 15) is 22.4 Å². The fraction of sp³-hybridized carbons (Fsp3) is 0.200. The molecule has 0 saturated carbocycles. The lowest BCUT2D eigenvalue weighted by Gasteiger charge is -2.18. The van der Waals surface area contributed by atoms with Crippen molar-refractivity contribution in [3.63, 3.8) is 0 Å². The molecule has 0 aliphatic heterocycles. The highest BCUT2D eigenvalue weighted by Gasteiger charge is 2.19. The third kappa shape index (κ3) is 7.03. The molecule has 0 fully saturated rings. The number of rotatable bonds is 9. The van der Waals surface area contributed by atoms with E-state index < -0.39 is 34.3 Å². The van der Waals surface area contributed by atoms with Gasteiger partial charge in [0.15, 0.2) is 6.61 Å². The van der Waals surface area contributed by atoms with Crippen LogP contribution in [-0.4, -0.2) is 52.9 Å². The molecular weight excluding hydrogens is 473 g/mol. The lowest BCUT2D eigenvalue weighted by atomic mass is 10.2. The van der Waals surface area contributed by atoms with Crippen molar-refractivity contribution in [1.82, 2.24) is 4.90 Å². The van der Waals surface area contributed by atoms with Crippen LogP contribution in [0.3, 0.4) is 0 Å². The van der Waals surface area contributed by atoms with E-state index in [1.807, 2.05) is 43.3 Å². The van der Waals surface area contributed by atoms with Crippen LogP contribution in [0.2, 0.25) is 0 Å². The minimum Gasteiger partial charge on any atom is -0.452 e. The Bertz CT molecular complexity index is 1290. The molecule has 3 rings (SSSR count). The molecule has 0 unspecified atom stereocenters. The van der Waals surface area contributed by atoms with Crippen LogP contribution < -0.4 is 9.62 Å². The fourth-order valence-corrected chi connectivity index (χ4v) is 4.21. The first-order valence-electron chi connectivity index (χ1n) is 10.6.